The monoisotopic (exact) mass is 357 g/mol. The summed E-state index contributed by atoms with van der Waals surface area (Å²) in [6.45, 7) is 9.02. The molecule has 2 aromatic rings. The van der Waals surface area contributed by atoms with Crippen LogP contribution in [0.15, 0.2) is 53.4 Å². The first-order valence-corrected chi connectivity index (χ1v) is 10.3. The summed E-state index contributed by atoms with van der Waals surface area (Å²) >= 11 is 0. The Bertz CT molecular complexity index is 848. The first-order chi connectivity index (χ1) is 11.7. The number of nitrogens with zero attached hydrogens (tertiary/aromatic N) is 1. The average Bonchev–Trinajstić information content (AvgIpc) is 3.04. The number of hydrogen-bond acceptors (Lipinski definition) is 2. The minimum absolute atomic E-state index is 0.0139. The second kappa shape index (κ2) is 6.58. The molecule has 0 unspecified atom stereocenters. The van der Waals surface area contributed by atoms with Gasteiger partial charge in [0.25, 0.3) is 0 Å². The fourth-order valence-corrected chi connectivity index (χ4v) is 5.18. The molecule has 134 valence electrons. The van der Waals surface area contributed by atoms with Crippen molar-refractivity contribution in [2.75, 3.05) is 6.54 Å². The van der Waals surface area contributed by atoms with Crippen LogP contribution in [0.2, 0.25) is 0 Å². The van der Waals surface area contributed by atoms with Gasteiger partial charge in [-0.3, -0.25) is 0 Å². The van der Waals surface area contributed by atoms with Gasteiger partial charge < -0.3 is 0 Å². The zero-order chi connectivity index (χ0) is 18.2. The van der Waals surface area contributed by atoms with Crippen LogP contribution >= 0.6 is 0 Å². The maximum Gasteiger partial charge on any atom is 0.243 e. The fraction of sp³-hybridized carbons (Fsp3) is 0.429. The molecular formula is C21H27NO2S. The molecule has 3 nitrogen and oxygen atoms in total. The van der Waals surface area contributed by atoms with Crippen molar-refractivity contribution in [2.24, 2.45) is 0 Å². The van der Waals surface area contributed by atoms with Crippen molar-refractivity contribution in [3.8, 4) is 0 Å². The summed E-state index contributed by atoms with van der Waals surface area (Å²) in [4.78, 5) is 0.389. The lowest BCUT2D eigenvalue weighted by atomic mass is 9.87. The Morgan fingerprint density at radius 3 is 2.32 bits per heavy atom. The second-order valence-corrected chi connectivity index (χ2v) is 9.85. The molecule has 4 heteroatoms. The minimum Gasteiger partial charge on any atom is -0.207 e. The topological polar surface area (TPSA) is 37.4 Å². The molecule has 3 rings (SSSR count). The van der Waals surface area contributed by atoms with Crippen LogP contribution in [0.4, 0.5) is 0 Å². The van der Waals surface area contributed by atoms with Gasteiger partial charge in [0.15, 0.2) is 0 Å². The zero-order valence-corrected chi connectivity index (χ0v) is 16.3. The number of hydrogen-bond donors (Lipinski definition) is 0. The summed E-state index contributed by atoms with van der Waals surface area (Å²) in [5.41, 5.74) is 3.41. The summed E-state index contributed by atoms with van der Waals surface area (Å²) in [6.07, 6.45) is 1.78. The van der Waals surface area contributed by atoms with Gasteiger partial charge in [0, 0.05) is 6.54 Å². The Morgan fingerprint density at radius 1 is 1.04 bits per heavy atom. The molecule has 0 bridgehead atoms. The second-order valence-electron chi connectivity index (χ2n) is 7.96. The molecule has 0 spiro atoms. The van der Waals surface area contributed by atoms with Gasteiger partial charge in [0.2, 0.25) is 10.0 Å². The highest BCUT2D eigenvalue weighted by molar-refractivity contribution is 7.89. The van der Waals surface area contributed by atoms with E-state index >= 15 is 0 Å². The number of aryl methyl sites for hydroxylation is 1. The molecule has 1 fully saturated rings. The number of rotatable bonds is 3. The third-order valence-corrected chi connectivity index (χ3v) is 6.88. The van der Waals surface area contributed by atoms with E-state index < -0.39 is 10.0 Å². The summed E-state index contributed by atoms with van der Waals surface area (Å²) in [5.74, 6) is 0. The lowest BCUT2D eigenvalue weighted by molar-refractivity contribution is 0.396. The summed E-state index contributed by atoms with van der Waals surface area (Å²) in [5, 5.41) is 0. The highest BCUT2D eigenvalue weighted by atomic mass is 32.2. The zero-order valence-electron chi connectivity index (χ0n) is 15.5. The van der Waals surface area contributed by atoms with Crippen molar-refractivity contribution in [1.82, 2.24) is 4.31 Å². The van der Waals surface area contributed by atoms with Gasteiger partial charge in [-0.25, -0.2) is 8.42 Å². The molecular weight excluding hydrogens is 330 g/mol. The molecule has 0 aliphatic carbocycles. The van der Waals surface area contributed by atoms with Crippen LogP contribution < -0.4 is 0 Å². The van der Waals surface area contributed by atoms with E-state index in [0.29, 0.717) is 11.4 Å². The van der Waals surface area contributed by atoms with Gasteiger partial charge in [0.05, 0.1) is 10.9 Å². The number of sulfonamides is 1. The van der Waals surface area contributed by atoms with Crippen molar-refractivity contribution >= 4 is 10.0 Å². The van der Waals surface area contributed by atoms with Crippen molar-refractivity contribution in [2.45, 2.75) is 56.9 Å². The van der Waals surface area contributed by atoms with Crippen molar-refractivity contribution in [1.29, 1.82) is 0 Å². The van der Waals surface area contributed by atoms with Gasteiger partial charge in [0.1, 0.15) is 0 Å². The summed E-state index contributed by atoms with van der Waals surface area (Å²) in [7, 11) is -3.48. The predicted molar refractivity (Wildman–Crippen MR) is 102 cm³/mol. The van der Waals surface area contributed by atoms with E-state index in [-0.39, 0.29) is 11.5 Å². The Labute approximate surface area is 151 Å². The van der Waals surface area contributed by atoms with Gasteiger partial charge in [-0.15, -0.1) is 0 Å². The Hall–Kier alpha value is -1.65. The molecule has 1 heterocycles. The summed E-state index contributed by atoms with van der Waals surface area (Å²) in [6, 6.07) is 15.5. The largest absolute Gasteiger partial charge is 0.243 e. The first kappa shape index (κ1) is 18.2. The molecule has 0 amide bonds. The molecule has 0 N–H and O–H groups in total. The van der Waals surface area contributed by atoms with E-state index in [4.69, 9.17) is 0 Å². The van der Waals surface area contributed by atoms with Crippen LogP contribution in [0.25, 0.3) is 0 Å². The van der Waals surface area contributed by atoms with E-state index in [9.17, 15) is 8.42 Å². The molecule has 0 radical (unpaired) electrons. The highest BCUT2D eigenvalue weighted by Crippen LogP contribution is 2.37. The molecule has 1 saturated heterocycles. The van der Waals surface area contributed by atoms with Gasteiger partial charge in [-0.1, -0.05) is 62.7 Å². The Morgan fingerprint density at radius 2 is 1.72 bits per heavy atom. The summed E-state index contributed by atoms with van der Waals surface area (Å²) < 4.78 is 28.1. The molecule has 1 aliphatic rings. The molecule has 1 aliphatic heterocycles. The van der Waals surface area contributed by atoms with Crippen LogP contribution in [-0.4, -0.2) is 19.3 Å². The molecule has 0 aromatic heterocycles. The van der Waals surface area contributed by atoms with Crippen LogP contribution in [0, 0.1) is 6.92 Å². The lowest BCUT2D eigenvalue weighted by Gasteiger charge is -2.25. The minimum atomic E-state index is -3.48. The normalized spacial score (nSPS) is 19.3. The molecule has 1 atom stereocenters. The van der Waals surface area contributed by atoms with Crippen LogP contribution in [0.1, 0.15) is 56.3 Å². The van der Waals surface area contributed by atoms with E-state index in [2.05, 4.69) is 26.8 Å². The Balaban J connectivity index is 1.93. The smallest absolute Gasteiger partial charge is 0.207 e. The third kappa shape index (κ3) is 3.65. The van der Waals surface area contributed by atoms with Crippen molar-refractivity contribution < 1.29 is 8.42 Å². The van der Waals surface area contributed by atoms with E-state index in [1.807, 2.05) is 37.3 Å². The lowest BCUT2D eigenvalue weighted by Crippen LogP contribution is -2.30. The van der Waals surface area contributed by atoms with Crippen LogP contribution in [0.5, 0.6) is 0 Å². The molecule has 2 aromatic carbocycles. The van der Waals surface area contributed by atoms with Gasteiger partial charge in [-0.2, -0.15) is 4.31 Å². The van der Waals surface area contributed by atoms with Crippen LogP contribution in [0.3, 0.4) is 0 Å². The fourth-order valence-electron chi connectivity index (χ4n) is 3.50. The van der Waals surface area contributed by atoms with E-state index in [1.165, 1.54) is 0 Å². The van der Waals surface area contributed by atoms with Crippen molar-refractivity contribution in [3.63, 3.8) is 0 Å². The van der Waals surface area contributed by atoms with Gasteiger partial charge in [-0.05, 0) is 48.4 Å². The van der Waals surface area contributed by atoms with E-state index in [0.717, 1.165) is 29.5 Å². The van der Waals surface area contributed by atoms with Gasteiger partial charge >= 0.3 is 0 Å². The van der Waals surface area contributed by atoms with E-state index in [1.54, 1.807) is 16.4 Å². The molecule has 25 heavy (non-hydrogen) atoms. The maximum absolute atomic E-state index is 13.2. The SMILES string of the molecule is Cc1cccc([C@@H]2CCCN2S(=O)(=O)c2ccc(C(C)(C)C)cc2)c1. The highest BCUT2D eigenvalue weighted by Gasteiger charge is 2.36. The maximum atomic E-state index is 13.2. The predicted octanol–water partition coefficient (Wildman–Crippen LogP) is 4.82. The van der Waals surface area contributed by atoms with Crippen LogP contribution in [-0.2, 0) is 15.4 Å². The Kier molecular flexibility index (Phi) is 4.78. The number of benzene rings is 2. The standard InChI is InChI=1S/C21H27NO2S/c1-16-7-5-8-17(15-16)20-9-6-14-22(20)25(23,24)19-12-10-18(11-13-19)21(2,3)4/h5,7-8,10-13,15,20H,6,9,14H2,1-4H3/t20-/m0/s1. The quantitative estimate of drug-likeness (QED) is 0.790. The molecule has 0 saturated carbocycles. The third-order valence-electron chi connectivity index (χ3n) is 4.96. The van der Waals surface area contributed by atoms with Crippen molar-refractivity contribution in [3.05, 3.63) is 65.2 Å². The first-order valence-electron chi connectivity index (χ1n) is 8.88. The average molecular weight is 358 g/mol.